The number of phenolic OH excluding ortho intramolecular Hbond substituents is 3. The summed E-state index contributed by atoms with van der Waals surface area (Å²) in [7, 11) is 0. The number of hydrogen-bond acceptors (Lipinski definition) is 4. The van der Waals surface area contributed by atoms with E-state index in [-0.39, 0.29) is 23.2 Å². The zero-order valence-corrected chi connectivity index (χ0v) is 10.5. The van der Waals surface area contributed by atoms with Crippen LogP contribution in [0.2, 0.25) is 0 Å². The lowest BCUT2D eigenvalue weighted by Gasteiger charge is -2.20. The number of benzene rings is 2. The Morgan fingerprint density at radius 1 is 0.737 bits per heavy atom. The summed E-state index contributed by atoms with van der Waals surface area (Å²) in [5.74, 6) is -0.249. The van der Waals surface area contributed by atoms with E-state index in [9.17, 15) is 20.4 Å². The summed E-state index contributed by atoms with van der Waals surface area (Å²) < 4.78 is 0. The first-order valence-electron chi connectivity index (χ1n) is 5.97. The van der Waals surface area contributed by atoms with E-state index in [4.69, 9.17) is 0 Å². The fraction of sp³-hybridized carbons (Fsp3) is 0.200. The highest BCUT2D eigenvalue weighted by molar-refractivity contribution is 5.39. The summed E-state index contributed by atoms with van der Waals surface area (Å²) in [4.78, 5) is 0. The molecule has 19 heavy (non-hydrogen) atoms. The normalized spacial score (nSPS) is 14.0. The zero-order valence-electron chi connectivity index (χ0n) is 10.5. The third-order valence-electron chi connectivity index (χ3n) is 3.16. The Labute approximate surface area is 111 Å². The second-order valence-corrected chi connectivity index (χ2v) is 4.61. The Morgan fingerprint density at radius 2 is 1.26 bits per heavy atom. The molecule has 4 N–H and O–H groups in total. The monoisotopic (exact) mass is 260 g/mol. The highest BCUT2D eigenvalue weighted by atomic mass is 16.3. The van der Waals surface area contributed by atoms with Gasteiger partial charge in [-0.1, -0.05) is 19.1 Å². The van der Waals surface area contributed by atoms with E-state index in [1.165, 1.54) is 18.2 Å². The average molecular weight is 260 g/mol. The second kappa shape index (κ2) is 5.20. The number of aromatic hydroxyl groups is 3. The summed E-state index contributed by atoms with van der Waals surface area (Å²) in [5, 5.41) is 38.4. The molecule has 4 nitrogen and oxygen atoms in total. The molecule has 0 aliphatic heterocycles. The van der Waals surface area contributed by atoms with Crippen molar-refractivity contribution in [2.75, 3.05) is 0 Å². The molecule has 0 saturated carbocycles. The summed E-state index contributed by atoms with van der Waals surface area (Å²) >= 11 is 0. The van der Waals surface area contributed by atoms with Crippen LogP contribution in [0.4, 0.5) is 0 Å². The molecule has 100 valence electrons. The molecule has 2 atom stereocenters. The van der Waals surface area contributed by atoms with Crippen molar-refractivity contribution in [2.45, 2.75) is 18.9 Å². The predicted molar refractivity (Wildman–Crippen MR) is 71.3 cm³/mol. The highest BCUT2D eigenvalue weighted by Crippen LogP contribution is 2.34. The van der Waals surface area contributed by atoms with E-state index in [1.807, 2.05) is 6.92 Å². The predicted octanol–water partition coefficient (Wildman–Crippen LogP) is 2.64. The maximum atomic E-state index is 10.3. The van der Waals surface area contributed by atoms with Crippen LogP contribution in [0, 0.1) is 0 Å². The molecule has 2 aromatic rings. The van der Waals surface area contributed by atoms with Gasteiger partial charge in [-0.25, -0.2) is 0 Å². The molecule has 0 aliphatic rings. The summed E-state index contributed by atoms with van der Waals surface area (Å²) in [6.07, 6.45) is -0.859. The number of phenols is 3. The lowest BCUT2D eigenvalue weighted by Crippen LogP contribution is -2.07. The standard InChI is InChI=1S/C15H16O4/c1-9(10-2-4-12(16)5-3-10)15(19)11-6-13(17)8-14(18)7-11/h2-9,15-19H,1H3. The zero-order chi connectivity index (χ0) is 14.0. The van der Waals surface area contributed by atoms with Crippen LogP contribution in [0.15, 0.2) is 42.5 Å². The van der Waals surface area contributed by atoms with Crippen LogP contribution in [0.3, 0.4) is 0 Å². The van der Waals surface area contributed by atoms with Gasteiger partial charge in [-0.15, -0.1) is 0 Å². The number of hydrogen-bond donors (Lipinski definition) is 4. The summed E-state index contributed by atoms with van der Waals surface area (Å²) in [5.41, 5.74) is 1.30. The maximum Gasteiger partial charge on any atom is 0.119 e. The molecule has 0 fully saturated rings. The maximum absolute atomic E-state index is 10.3. The van der Waals surface area contributed by atoms with Crippen LogP contribution in [0.5, 0.6) is 17.2 Å². The Hall–Kier alpha value is -2.20. The number of aliphatic hydroxyl groups excluding tert-OH is 1. The van der Waals surface area contributed by atoms with Gasteiger partial charge in [0.2, 0.25) is 0 Å². The molecule has 4 heteroatoms. The van der Waals surface area contributed by atoms with E-state index < -0.39 is 6.10 Å². The van der Waals surface area contributed by atoms with Gasteiger partial charge in [0.1, 0.15) is 17.2 Å². The molecule has 2 aromatic carbocycles. The van der Waals surface area contributed by atoms with Gasteiger partial charge in [0.05, 0.1) is 6.10 Å². The van der Waals surface area contributed by atoms with Crippen LogP contribution < -0.4 is 0 Å². The quantitative estimate of drug-likeness (QED) is 0.684. The lowest BCUT2D eigenvalue weighted by molar-refractivity contribution is 0.151. The minimum atomic E-state index is -0.859. The molecule has 2 unspecified atom stereocenters. The van der Waals surface area contributed by atoms with Crippen molar-refractivity contribution in [2.24, 2.45) is 0 Å². The van der Waals surface area contributed by atoms with Crippen LogP contribution in [-0.4, -0.2) is 20.4 Å². The molecule has 0 aliphatic carbocycles. The van der Waals surface area contributed by atoms with Crippen molar-refractivity contribution in [1.82, 2.24) is 0 Å². The summed E-state index contributed by atoms with van der Waals surface area (Å²) in [6, 6.07) is 10.6. The van der Waals surface area contributed by atoms with E-state index in [1.54, 1.807) is 24.3 Å². The van der Waals surface area contributed by atoms with Gasteiger partial charge < -0.3 is 20.4 Å². The smallest absolute Gasteiger partial charge is 0.119 e. The van der Waals surface area contributed by atoms with Gasteiger partial charge in [0.15, 0.2) is 0 Å². The van der Waals surface area contributed by atoms with Crippen molar-refractivity contribution in [1.29, 1.82) is 0 Å². The van der Waals surface area contributed by atoms with Crippen molar-refractivity contribution in [3.05, 3.63) is 53.6 Å². The SMILES string of the molecule is CC(c1ccc(O)cc1)C(O)c1cc(O)cc(O)c1. The van der Waals surface area contributed by atoms with Gasteiger partial charge in [0, 0.05) is 12.0 Å². The molecule has 0 radical (unpaired) electrons. The van der Waals surface area contributed by atoms with Crippen molar-refractivity contribution >= 4 is 0 Å². The summed E-state index contributed by atoms with van der Waals surface area (Å²) in [6.45, 7) is 1.83. The molecule has 2 rings (SSSR count). The fourth-order valence-corrected chi connectivity index (χ4v) is 2.04. The molecule has 0 bridgehead atoms. The first-order chi connectivity index (χ1) is 8.97. The van der Waals surface area contributed by atoms with Crippen molar-refractivity contribution in [3.8, 4) is 17.2 Å². The van der Waals surface area contributed by atoms with Crippen molar-refractivity contribution < 1.29 is 20.4 Å². The van der Waals surface area contributed by atoms with Crippen LogP contribution in [0.1, 0.15) is 30.1 Å². The Bertz CT molecular complexity index is 543. The Balaban J connectivity index is 2.27. The topological polar surface area (TPSA) is 80.9 Å². The molecular weight excluding hydrogens is 244 g/mol. The van der Waals surface area contributed by atoms with Gasteiger partial charge in [0.25, 0.3) is 0 Å². The lowest BCUT2D eigenvalue weighted by atomic mass is 9.90. The van der Waals surface area contributed by atoms with Crippen LogP contribution >= 0.6 is 0 Å². The Kier molecular flexibility index (Phi) is 3.62. The van der Waals surface area contributed by atoms with Gasteiger partial charge in [-0.05, 0) is 35.4 Å². The molecule has 0 amide bonds. The minimum absolute atomic E-state index is 0.0908. The van der Waals surface area contributed by atoms with E-state index in [2.05, 4.69) is 0 Å². The van der Waals surface area contributed by atoms with E-state index in [0.29, 0.717) is 5.56 Å². The fourth-order valence-electron chi connectivity index (χ4n) is 2.04. The third kappa shape index (κ3) is 2.98. The third-order valence-corrected chi connectivity index (χ3v) is 3.16. The first-order valence-corrected chi connectivity index (χ1v) is 5.97. The largest absolute Gasteiger partial charge is 0.508 e. The highest BCUT2D eigenvalue weighted by Gasteiger charge is 2.19. The average Bonchev–Trinajstić information content (AvgIpc) is 2.37. The van der Waals surface area contributed by atoms with Gasteiger partial charge in [-0.3, -0.25) is 0 Å². The minimum Gasteiger partial charge on any atom is -0.508 e. The molecule has 0 saturated heterocycles. The Morgan fingerprint density at radius 3 is 1.79 bits per heavy atom. The molecule has 0 aromatic heterocycles. The van der Waals surface area contributed by atoms with Crippen LogP contribution in [-0.2, 0) is 0 Å². The van der Waals surface area contributed by atoms with E-state index >= 15 is 0 Å². The molecular formula is C15H16O4. The van der Waals surface area contributed by atoms with Gasteiger partial charge >= 0.3 is 0 Å². The molecule has 0 heterocycles. The first kappa shape index (κ1) is 13.2. The van der Waals surface area contributed by atoms with Crippen molar-refractivity contribution in [3.63, 3.8) is 0 Å². The van der Waals surface area contributed by atoms with E-state index in [0.717, 1.165) is 5.56 Å². The van der Waals surface area contributed by atoms with Gasteiger partial charge in [-0.2, -0.15) is 0 Å². The number of rotatable bonds is 3. The second-order valence-electron chi connectivity index (χ2n) is 4.61. The number of aliphatic hydroxyl groups is 1. The van der Waals surface area contributed by atoms with Crippen LogP contribution in [0.25, 0.3) is 0 Å². The molecule has 0 spiro atoms.